The lowest BCUT2D eigenvalue weighted by Crippen LogP contribution is -2.14. The molecular formula is C14H13ClN2O3. The molecule has 0 saturated heterocycles. The Morgan fingerprint density at radius 2 is 1.90 bits per heavy atom. The van der Waals surface area contributed by atoms with Crippen LogP contribution in [0.4, 0.5) is 0 Å². The standard InChI is InChI=1S/C14H13ClN2O3/c15-11-2-1-3-12(13(11)14(16)17-19)20-10-6-4-9(8-18)5-7-10/h1-7,18-19H,8H2,(H2,16,17). The fraction of sp³-hybridized carbons (Fsp3) is 0.0714. The van der Waals surface area contributed by atoms with E-state index in [4.69, 9.17) is 32.4 Å². The molecule has 0 fully saturated rings. The number of aliphatic hydroxyl groups is 1. The first-order valence-corrected chi connectivity index (χ1v) is 6.17. The summed E-state index contributed by atoms with van der Waals surface area (Å²) in [7, 11) is 0. The highest BCUT2D eigenvalue weighted by Gasteiger charge is 2.13. The van der Waals surface area contributed by atoms with Gasteiger partial charge in [-0.2, -0.15) is 0 Å². The Hall–Kier alpha value is -2.24. The second-order valence-electron chi connectivity index (χ2n) is 4.00. The zero-order valence-electron chi connectivity index (χ0n) is 10.5. The van der Waals surface area contributed by atoms with Gasteiger partial charge in [0.25, 0.3) is 0 Å². The van der Waals surface area contributed by atoms with Gasteiger partial charge in [0.05, 0.1) is 17.2 Å². The predicted molar refractivity (Wildman–Crippen MR) is 76.4 cm³/mol. The van der Waals surface area contributed by atoms with Crippen LogP contribution in [0.25, 0.3) is 0 Å². The molecule has 0 unspecified atom stereocenters. The van der Waals surface area contributed by atoms with Gasteiger partial charge in [-0.25, -0.2) is 0 Å². The summed E-state index contributed by atoms with van der Waals surface area (Å²) in [5.74, 6) is 0.804. The molecule has 0 spiro atoms. The van der Waals surface area contributed by atoms with Gasteiger partial charge in [-0.15, -0.1) is 0 Å². The lowest BCUT2D eigenvalue weighted by molar-refractivity contribution is 0.281. The van der Waals surface area contributed by atoms with E-state index in [-0.39, 0.29) is 12.4 Å². The number of rotatable bonds is 4. The summed E-state index contributed by atoms with van der Waals surface area (Å²) in [5, 5.41) is 21.0. The second kappa shape index (κ2) is 6.27. The van der Waals surface area contributed by atoms with Crippen molar-refractivity contribution in [2.75, 3.05) is 0 Å². The van der Waals surface area contributed by atoms with Crippen LogP contribution in [0, 0.1) is 0 Å². The number of oxime groups is 1. The first-order chi connectivity index (χ1) is 9.65. The lowest BCUT2D eigenvalue weighted by Gasteiger charge is -2.11. The number of aliphatic hydroxyl groups excluding tert-OH is 1. The number of benzene rings is 2. The fourth-order valence-corrected chi connectivity index (χ4v) is 1.94. The summed E-state index contributed by atoms with van der Waals surface area (Å²) < 4.78 is 5.67. The van der Waals surface area contributed by atoms with Crippen molar-refractivity contribution in [3.05, 3.63) is 58.6 Å². The minimum atomic E-state index is -0.127. The van der Waals surface area contributed by atoms with Crippen molar-refractivity contribution in [2.45, 2.75) is 6.61 Å². The maximum Gasteiger partial charge on any atom is 0.175 e. The number of ether oxygens (including phenoxy) is 1. The van der Waals surface area contributed by atoms with Crippen LogP contribution in [0.3, 0.4) is 0 Å². The van der Waals surface area contributed by atoms with E-state index in [0.29, 0.717) is 22.1 Å². The van der Waals surface area contributed by atoms with Crippen molar-refractivity contribution in [1.29, 1.82) is 0 Å². The van der Waals surface area contributed by atoms with Gasteiger partial charge in [0.1, 0.15) is 11.5 Å². The largest absolute Gasteiger partial charge is 0.457 e. The summed E-state index contributed by atoms with van der Waals surface area (Å²) in [6, 6.07) is 11.9. The molecule has 0 saturated carbocycles. The van der Waals surface area contributed by atoms with Crippen molar-refractivity contribution >= 4 is 17.4 Å². The van der Waals surface area contributed by atoms with Crippen LogP contribution in [0.1, 0.15) is 11.1 Å². The van der Waals surface area contributed by atoms with E-state index in [0.717, 1.165) is 5.56 Å². The number of nitrogens with two attached hydrogens (primary N) is 1. The summed E-state index contributed by atoms with van der Waals surface area (Å²) >= 11 is 6.03. The van der Waals surface area contributed by atoms with Gasteiger partial charge in [0.15, 0.2) is 5.84 Å². The normalized spacial score (nSPS) is 11.4. The topological polar surface area (TPSA) is 88.1 Å². The van der Waals surface area contributed by atoms with Crippen LogP contribution < -0.4 is 10.5 Å². The Labute approximate surface area is 120 Å². The third kappa shape index (κ3) is 3.01. The van der Waals surface area contributed by atoms with E-state index in [1.54, 1.807) is 42.5 Å². The van der Waals surface area contributed by atoms with E-state index in [1.807, 2.05) is 0 Å². The average Bonchev–Trinajstić information content (AvgIpc) is 2.47. The molecule has 5 nitrogen and oxygen atoms in total. The zero-order chi connectivity index (χ0) is 14.5. The highest BCUT2D eigenvalue weighted by molar-refractivity contribution is 6.34. The van der Waals surface area contributed by atoms with Crippen LogP contribution in [0.5, 0.6) is 11.5 Å². The zero-order valence-corrected chi connectivity index (χ0v) is 11.2. The van der Waals surface area contributed by atoms with Crippen LogP contribution in [0.2, 0.25) is 5.02 Å². The number of nitrogens with zero attached hydrogens (tertiary/aromatic N) is 1. The molecule has 6 heteroatoms. The molecule has 0 aromatic heterocycles. The molecule has 104 valence electrons. The molecule has 0 bridgehead atoms. The maximum absolute atomic E-state index is 8.99. The Bertz CT molecular complexity index is 627. The smallest absolute Gasteiger partial charge is 0.175 e. The molecule has 0 aliphatic heterocycles. The molecule has 2 aromatic carbocycles. The van der Waals surface area contributed by atoms with Gasteiger partial charge >= 0.3 is 0 Å². The molecule has 0 atom stereocenters. The second-order valence-corrected chi connectivity index (χ2v) is 4.41. The molecule has 0 radical (unpaired) electrons. The Morgan fingerprint density at radius 1 is 1.20 bits per heavy atom. The summed E-state index contributed by atoms with van der Waals surface area (Å²) in [6.45, 7) is -0.0349. The molecule has 0 aliphatic carbocycles. The Balaban J connectivity index is 2.35. The van der Waals surface area contributed by atoms with E-state index >= 15 is 0 Å². The molecule has 20 heavy (non-hydrogen) atoms. The van der Waals surface area contributed by atoms with Gasteiger partial charge in [-0.1, -0.05) is 35.0 Å². The number of halogens is 1. The predicted octanol–water partition coefficient (Wildman–Crippen LogP) is 2.72. The highest BCUT2D eigenvalue weighted by atomic mass is 35.5. The quantitative estimate of drug-likeness (QED) is 0.350. The number of amidine groups is 1. The van der Waals surface area contributed by atoms with Crippen LogP contribution in [-0.2, 0) is 6.61 Å². The van der Waals surface area contributed by atoms with Gasteiger partial charge in [-0.05, 0) is 29.8 Å². The molecular weight excluding hydrogens is 280 g/mol. The van der Waals surface area contributed by atoms with E-state index in [2.05, 4.69) is 5.16 Å². The SMILES string of the molecule is NC(=NO)c1c(Cl)cccc1Oc1ccc(CO)cc1. The van der Waals surface area contributed by atoms with E-state index < -0.39 is 0 Å². The van der Waals surface area contributed by atoms with Crippen LogP contribution in [0.15, 0.2) is 47.6 Å². The van der Waals surface area contributed by atoms with Crippen LogP contribution >= 0.6 is 11.6 Å². The summed E-state index contributed by atoms with van der Waals surface area (Å²) in [5.41, 5.74) is 6.70. The minimum absolute atomic E-state index is 0.0349. The molecule has 2 rings (SSSR count). The Kier molecular flexibility index (Phi) is 4.45. The summed E-state index contributed by atoms with van der Waals surface area (Å²) in [4.78, 5) is 0. The maximum atomic E-state index is 8.99. The third-order valence-electron chi connectivity index (χ3n) is 2.67. The first kappa shape index (κ1) is 14.2. The minimum Gasteiger partial charge on any atom is -0.457 e. The Morgan fingerprint density at radius 3 is 2.50 bits per heavy atom. The van der Waals surface area contributed by atoms with E-state index in [1.165, 1.54) is 0 Å². The molecule has 0 heterocycles. The van der Waals surface area contributed by atoms with Crippen molar-refractivity contribution in [2.24, 2.45) is 10.9 Å². The number of hydrogen-bond donors (Lipinski definition) is 3. The highest BCUT2D eigenvalue weighted by Crippen LogP contribution is 2.30. The van der Waals surface area contributed by atoms with E-state index in [9.17, 15) is 0 Å². The molecule has 4 N–H and O–H groups in total. The average molecular weight is 293 g/mol. The molecule has 2 aromatic rings. The molecule has 0 aliphatic rings. The van der Waals surface area contributed by atoms with Crippen molar-refractivity contribution < 1.29 is 15.1 Å². The number of hydrogen-bond acceptors (Lipinski definition) is 4. The van der Waals surface area contributed by atoms with Crippen molar-refractivity contribution in [1.82, 2.24) is 0 Å². The first-order valence-electron chi connectivity index (χ1n) is 5.79. The fourth-order valence-electron chi connectivity index (χ4n) is 1.68. The summed E-state index contributed by atoms with van der Waals surface area (Å²) in [6.07, 6.45) is 0. The lowest BCUT2D eigenvalue weighted by atomic mass is 10.2. The van der Waals surface area contributed by atoms with Gasteiger partial charge in [0.2, 0.25) is 0 Å². The van der Waals surface area contributed by atoms with Crippen molar-refractivity contribution in [3.63, 3.8) is 0 Å². The van der Waals surface area contributed by atoms with Gasteiger partial charge in [0, 0.05) is 0 Å². The van der Waals surface area contributed by atoms with Crippen molar-refractivity contribution in [3.8, 4) is 11.5 Å². The third-order valence-corrected chi connectivity index (χ3v) is 2.99. The van der Waals surface area contributed by atoms with Gasteiger partial charge in [-0.3, -0.25) is 0 Å². The van der Waals surface area contributed by atoms with Crippen LogP contribution in [-0.4, -0.2) is 16.1 Å². The molecule has 0 amide bonds. The monoisotopic (exact) mass is 292 g/mol. The van der Waals surface area contributed by atoms with Gasteiger partial charge < -0.3 is 20.8 Å².